The van der Waals surface area contributed by atoms with Crippen LogP contribution in [0, 0.1) is 39.9 Å². The second-order valence-electron chi connectivity index (χ2n) is 14.6. The first-order valence-electron chi connectivity index (χ1n) is 14.8. The molecular weight excluding hydrogens is 492 g/mol. The Bertz CT molecular complexity index is 975. The lowest BCUT2D eigenvalue weighted by atomic mass is 9.37. The van der Waals surface area contributed by atoms with Crippen molar-refractivity contribution >= 4 is 11.9 Å². The van der Waals surface area contributed by atoms with E-state index in [1.54, 1.807) is 19.9 Å². The van der Waals surface area contributed by atoms with Gasteiger partial charge in [-0.15, -0.1) is 0 Å². The largest absolute Gasteiger partial charge is 0.469 e. The van der Waals surface area contributed by atoms with Crippen LogP contribution in [0.2, 0.25) is 0 Å². The van der Waals surface area contributed by atoms with E-state index in [0.29, 0.717) is 25.7 Å². The van der Waals surface area contributed by atoms with Crippen LogP contribution in [0.25, 0.3) is 0 Å². The molecule has 0 aromatic rings. The van der Waals surface area contributed by atoms with Crippen LogP contribution >= 0.6 is 0 Å². The van der Waals surface area contributed by atoms with E-state index in [-0.39, 0.29) is 58.0 Å². The summed E-state index contributed by atoms with van der Waals surface area (Å²) in [6.45, 7) is 20.4. The Labute approximate surface area is 236 Å². The molecule has 9 unspecified atom stereocenters. The third-order valence-electron chi connectivity index (χ3n) is 11.5. The number of hydrogen-bond donors (Lipinski definition) is 2. The van der Waals surface area contributed by atoms with Gasteiger partial charge in [0.2, 0.25) is 0 Å². The smallest absolute Gasteiger partial charge is 0.305 e. The van der Waals surface area contributed by atoms with Gasteiger partial charge in [0.05, 0.1) is 18.3 Å². The van der Waals surface area contributed by atoms with Crippen molar-refractivity contribution in [3.8, 4) is 0 Å². The number of carbonyl (C=O) groups is 2. The lowest BCUT2D eigenvalue weighted by Gasteiger charge is -2.67. The van der Waals surface area contributed by atoms with Crippen LogP contribution < -0.4 is 0 Å². The van der Waals surface area contributed by atoms with Gasteiger partial charge in [0.1, 0.15) is 6.10 Å². The number of allylic oxidation sites excluding steroid dienone is 1. The van der Waals surface area contributed by atoms with Crippen molar-refractivity contribution in [2.75, 3.05) is 7.11 Å². The summed E-state index contributed by atoms with van der Waals surface area (Å²) < 4.78 is 11.2. The molecule has 3 aliphatic rings. The van der Waals surface area contributed by atoms with Gasteiger partial charge in [0.15, 0.2) is 0 Å². The first-order chi connectivity index (χ1) is 17.8. The van der Waals surface area contributed by atoms with Gasteiger partial charge in [-0.2, -0.15) is 0 Å². The Kier molecular flexibility index (Phi) is 8.96. The minimum Gasteiger partial charge on any atom is -0.469 e. The third kappa shape index (κ3) is 5.88. The van der Waals surface area contributed by atoms with Gasteiger partial charge < -0.3 is 19.7 Å². The van der Waals surface area contributed by atoms with Crippen molar-refractivity contribution in [1.29, 1.82) is 0 Å². The summed E-state index contributed by atoms with van der Waals surface area (Å²) in [4.78, 5) is 24.8. The minimum atomic E-state index is -1.01. The fourth-order valence-corrected chi connectivity index (χ4v) is 9.49. The van der Waals surface area contributed by atoms with Gasteiger partial charge in [0.25, 0.3) is 0 Å². The van der Waals surface area contributed by atoms with Gasteiger partial charge in [0, 0.05) is 19.3 Å². The summed E-state index contributed by atoms with van der Waals surface area (Å²) in [6, 6.07) is 0. The number of methoxy groups -OCH3 is 1. The van der Waals surface area contributed by atoms with E-state index in [9.17, 15) is 19.8 Å². The Morgan fingerprint density at radius 2 is 1.67 bits per heavy atom. The zero-order chi connectivity index (χ0) is 29.6. The maximum atomic E-state index is 12.5. The molecule has 2 N–H and O–H groups in total. The molecule has 6 nitrogen and oxygen atoms in total. The van der Waals surface area contributed by atoms with Crippen LogP contribution in [0.15, 0.2) is 24.3 Å². The SMILES string of the molecule is C=C(C)C1CCC2(C)C(CC(OC(C)=O)C3C(C(C)(O)CC=CC(C)(C)O)CCC32C)C1(C)CCC(=O)OC. The number of fused-ring (bicyclic) bond motifs is 3. The predicted molar refractivity (Wildman–Crippen MR) is 154 cm³/mol. The summed E-state index contributed by atoms with van der Waals surface area (Å²) >= 11 is 0. The van der Waals surface area contributed by atoms with Crippen LogP contribution in [0.5, 0.6) is 0 Å². The summed E-state index contributed by atoms with van der Waals surface area (Å²) in [7, 11) is 1.44. The van der Waals surface area contributed by atoms with Crippen molar-refractivity contribution in [1.82, 2.24) is 0 Å². The van der Waals surface area contributed by atoms with E-state index >= 15 is 0 Å². The van der Waals surface area contributed by atoms with Gasteiger partial charge in [-0.3, -0.25) is 9.59 Å². The molecule has 0 aliphatic heterocycles. The van der Waals surface area contributed by atoms with Crippen LogP contribution in [0.4, 0.5) is 0 Å². The molecule has 0 aromatic heterocycles. The quantitative estimate of drug-likeness (QED) is 0.257. The van der Waals surface area contributed by atoms with Gasteiger partial charge in [-0.1, -0.05) is 45.1 Å². The zero-order valence-corrected chi connectivity index (χ0v) is 25.9. The van der Waals surface area contributed by atoms with Crippen molar-refractivity contribution < 1.29 is 29.3 Å². The fourth-order valence-electron chi connectivity index (χ4n) is 9.49. The number of rotatable bonds is 9. The Morgan fingerprint density at radius 3 is 2.21 bits per heavy atom. The van der Waals surface area contributed by atoms with E-state index < -0.39 is 11.2 Å². The molecule has 3 fully saturated rings. The fraction of sp³-hybridized carbons (Fsp3) is 0.818. The number of ether oxygens (including phenoxy) is 2. The lowest BCUT2D eigenvalue weighted by Crippen LogP contribution is -2.64. The maximum Gasteiger partial charge on any atom is 0.305 e. The summed E-state index contributed by atoms with van der Waals surface area (Å²) in [5.74, 6) is -0.0333. The van der Waals surface area contributed by atoms with Crippen LogP contribution in [0.1, 0.15) is 107 Å². The van der Waals surface area contributed by atoms with Crippen LogP contribution in [-0.2, 0) is 19.1 Å². The molecule has 0 saturated heterocycles. The zero-order valence-electron chi connectivity index (χ0n) is 25.9. The first kappa shape index (κ1) is 31.9. The van der Waals surface area contributed by atoms with Crippen LogP contribution in [-0.4, -0.2) is 46.6 Å². The monoisotopic (exact) mass is 546 g/mol. The molecule has 0 aromatic carbocycles. The Morgan fingerprint density at radius 1 is 1.05 bits per heavy atom. The standard InChI is InChI=1S/C33H54O6/c1-21(2)23-12-18-31(7)26(30(23,6)17-14-27(35)38-10)20-25(39-22(3)34)28-24(13-19-32(28,31)8)33(9,37)16-11-15-29(4,5)36/h11,15,23-26,28,36-37H,1,12-14,16-20H2,2-10H3. The summed E-state index contributed by atoms with van der Waals surface area (Å²) in [6.07, 6.45) is 9.35. The van der Waals surface area contributed by atoms with Gasteiger partial charge >= 0.3 is 11.9 Å². The molecule has 6 heteroatoms. The Hall–Kier alpha value is -1.66. The first-order valence-corrected chi connectivity index (χ1v) is 14.8. The molecule has 39 heavy (non-hydrogen) atoms. The highest BCUT2D eigenvalue weighted by molar-refractivity contribution is 5.69. The average molecular weight is 547 g/mol. The molecule has 0 amide bonds. The topological polar surface area (TPSA) is 93.1 Å². The van der Waals surface area contributed by atoms with Gasteiger partial charge in [-0.25, -0.2) is 0 Å². The van der Waals surface area contributed by atoms with E-state index in [2.05, 4.69) is 34.3 Å². The molecule has 9 atom stereocenters. The molecule has 3 aliphatic carbocycles. The normalized spacial score (nSPS) is 39.9. The van der Waals surface area contributed by atoms with E-state index in [4.69, 9.17) is 9.47 Å². The lowest BCUT2D eigenvalue weighted by molar-refractivity contribution is -0.222. The number of hydrogen-bond acceptors (Lipinski definition) is 6. The van der Waals surface area contributed by atoms with Crippen molar-refractivity contribution in [3.63, 3.8) is 0 Å². The highest BCUT2D eigenvalue weighted by Gasteiger charge is 2.70. The molecule has 3 rings (SSSR count). The van der Waals surface area contributed by atoms with Crippen molar-refractivity contribution in [3.05, 3.63) is 24.3 Å². The van der Waals surface area contributed by atoms with Crippen molar-refractivity contribution in [2.24, 2.45) is 39.9 Å². The number of carbonyl (C=O) groups excluding carboxylic acids is 2. The highest BCUT2D eigenvalue weighted by atomic mass is 16.5. The predicted octanol–water partition coefficient (Wildman–Crippen LogP) is 6.39. The number of aliphatic hydroxyl groups is 2. The average Bonchev–Trinajstić information content (AvgIpc) is 3.18. The van der Waals surface area contributed by atoms with Gasteiger partial charge in [-0.05, 0) is 107 Å². The van der Waals surface area contributed by atoms with E-state index in [1.807, 2.05) is 13.0 Å². The summed E-state index contributed by atoms with van der Waals surface area (Å²) in [5.41, 5.74) is -1.21. The van der Waals surface area contributed by atoms with E-state index in [0.717, 1.165) is 31.3 Å². The van der Waals surface area contributed by atoms with Crippen molar-refractivity contribution in [2.45, 2.75) is 124 Å². The molecule has 0 radical (unpaired) electrons. The second-order valence-corrected chi connectivity index (χ2v) is 14.6. The van der Waals surface area contributed by atoms with Crippen LogP contribution in [0.3, 0.4) is 0 Å². The number of esters is 2. The Balaban J connectivity index is 2.07. The maximum absolute atomic E-state index is 12.5. The summed E-state index contributed by atoms with van der Waals surface area (Å²) in [5, 5.41) is 22.0. The second kappa shape index (κ2) is 11.0. The molecule has 0 bridgehead atoms. The highest BCUT2D eigenvalue weighted by Crippen LogP contribution is 2.74. The molecule has 222 valence electrons. The molecular formula is C33H54O6. The van der Waals surface area contributed by atoms with E-state index in [1.165, 1.54) is 14.0 Å². The molecule has 0 heterocycles. The molecule has 0 spiro atoms. The third-order valence-corrected chi connectivity index (χ3v) is 11.5. The minimum absolute atomic E-state index is 0.0134. The molecule has 3 saturated carbocycles.